The second-order valence-electron chi connectivity index (χ2n) is 3.55. The zero-order valence-corrected chi connectivity index (χ0v) is 9.03. The van der Waals surface area contributed by atoms with Crippen LogP contribution in [0.15, 0.2) is 24.3 Å². The molecule has 1 aromatic rings. The van der Waals surface area contributed by atoms with Gasteiger partial charge in [0.2, 0.25) is 5.91 Å². The smallest absolute Gasteiger partial charge is 0.243 e. The van der Waals surface area contributed by atoms with Gasteiger partial charge < -0.3 is 10.5 Å². The van der Waals surface area contributed by atoms with Gasteiger partial charge in [0.1, 0.15) is 6.61 Å². The third-order valence-corrected chi connectivity index (χ3v) is 2.24. The van der Waals surface area contributed by atoms with Crippen molar-refractivity contribution < 1.29 is 9.53 Å². The number of nitrogens with two attached hydrogens (primary N) is 1. The third-order valence-electron chi connectivity index (χ3n) is 2.24. The Morgan fingerprint density at radius 2 is 2.13 bits per heavy atom. The first kappa shape index (κ1) is 11.7. The molecule has 0 aliphatic rings. The molecule has 3 heteroatoms. The highest BCUT2D eigenvalue weighted by Crippen LogP contribution is 2.09. The molecule has 1 rings (SSSR count). The summed E-state index contributed by atoms with van der Waals surface area (Å²) in [6, 6.07) is 8.28. The lowest BCUT2D eigenvalue weighted by molar-refractivity contribution is -0.122. The maximum absolute atomic E-state index is 10.4. The lowest BCUT2D eigenvalue weighted by Gasteiger charge is -2.05. The van der Waals surface area contributed by atoms with Crippen LogP contribution in [-0.2, 0) is 16.0 Å². The number of ether oxygens (including phenoxy) is 1. The van der Waals surface area contributed by atoms with Crippen LogP contribution in [0.4, 0.5) is 0 Å². The van der Waals surface area contributed by atoms with Gasteiger partial charge >= 0.3 is 0 Å². The van der Waals surface area contributed by atoms with E-state index >= 15 is 0 Å². The Labute approximate surface area is 90.2 Å². The lowest BCUT2D eigenvalue weighted by Crippen LogP contribution is -2.18. The van der Waals surface area contributed by atoms with E-state index in [1.54, 1.807) is 0 Å². The third kappa shape index (κ3) is 4.61. The average Bonchev–Trinajstić information content (AvgIpc) is 2.20. The van der Waals surface area contributed by atoms with Crippen LogP contribution in [0.1, 0.15) is 17.5 Å². The van der Waals surface area contributed by atoms with Crippen molar-refractivity contribution in [2.75, 3.05) is 13.2 Å². The Kier molecular flexibility index (Phi) is 4.84. The highest BCUT2D eigenvalue weighted by Gasteiger charge is 1.98. The molecular formula is C12H17NO2. The van der Waals surface area contributed by atoms with Gasteiger partial charge in [0, 0.05) is 6.61 Å². The van der Waals surface area contributed by atoms with E-state index < -0.39 is 5.91 Å². The summed E-state index contributed by atoms with van der Waals surface area (Å²) in [4.78, 5) is 10.4. The van der Waals surface area contributed by atoms with Crippen LogP contribution in [0.2, 0.25) is 0 Å². The molecule has 0 radical (unpaired) electrons. The summed E-state index contributed by atoms with van der Waals surface area (Å²) in [5.74, 6) is -0.411. The molecule has 0 atom stereocenters. The molecule has 0 heterocycles. The van der Waals surface area contributed by atoms with Crippen LogP contribution in [0.25, 0.3) is 0 Å². The van der Waals surface area contributed by atoms with Crippen molar-refractivity contribution in [3.63, 3.8) is 0 Å². The van der Waals surface area contributed by atoms with Crippen LogP contribution in [-0.4, -0.2) is 19.1 Å². The Morgan fingerprint density at radius 3 is 2.80 bits per heavy atom. The molecule has 0 unspecified atom stereocenters. The summed E-state index contributed by atoms with van der Waals surface area (Å²) in [7, 11) is 0. The van der Waals surface area contributed by atoms with E-state index in [4.69, 9.17) is 10.5 Å². The van der Waals surface area contributed by atoms with Crippen molar-refractivity contribution in [3.8, 4) is 0 Å². The highest BCUT2D eigenvalue weighted by atomic mass is 16.5. The summed E-state index contributed by atoms with van der Waals surface area (Å²) < 4.78 is 5.08. The van der Waals surface area contributed by atoms with E-state index in [-0.39, 0.29) is 6.61 Å². The molecule has 0 bridgehead atoms. The quantitative estimate of drug-likeness (QED) is 0.717. The average molecular weight is 207 g/mol. The molecule has 1 amide bonds. The minimum atomic E-state index is -0.411. The molecule has 0 saturated carbocycles. The molecule has 0 fully saturated rings. The van der Waals surface area contributed by atoms with Crippen LogP contribution >= 0.6 is 0 Å². The van der Waals surface area contributed by atoms with Crippen molar-refractivity contribution in [3.05, 3.63) is 35.4 Å². The zero-order valence-electron chi connectivity index (χ0n) is 9.03. The van der Waals surface area contributed by atoms with Crippen molar-refractivity contribution >= 4 is 5.91 Å². The first-order valence-corrected chi connectivity index (χ1v) is 5.10. The normalized spacial score (nSPS) is 10.2. The fourth-order valence-corrected chi connectivity index (χ4v) is 1.43. The summed E-state index contributed by atoms with van der Waals surface area (Å²) in [5.41, 5.74) is 7.58. The number of hydrogen-bond donors (Lipinski definition) is 1. The Hall–Kier alpha value is -1.35. The van der Waals surface area contributed by atoms with E-state index in [0.29, 0.717) is 6.61 Å². The zero-order chi connectivity index (χ0) is 11.1. The van der Waals surface area contributed by atoms with Crippen LogP contribution in [0, 0.1) is 6.92 Å². The number of aryl methyl sites for hydroxylation is 2. The van der Waals surface area contributed by atoms with Gasteiger partial charge in [-0.3, -0.25) is 4.79 Å². The minimum Gasteiger partial charge on any atom is -0.372 e. The molecule has 3 nitrogen and oxygen atoms in total. The van der Waals surface area contributed by atoms with Crippen molar-refractivity contribution in [1.82, 2.24) is 0 Å². The maximum Gasteiger partial charge on any atom is 0.243 e. The fourth-order valence-electron chi connectivity index (χ4n) is 1.43. The van der Waals surface area contributed by atoms with Gasteiger partial charge in [-0.05, 0) is 30.9 Å². The van der Waals surface area contributed by atoms with E-state index in [1.165, 1.54) is 11.1 Å². The molecule has 0 aliphatic carbocycles. The van der Waals surface area contributed by atoms with Crippen LogP contribution in [0.5, 0.6) is 0 Å². The molecule has 2 N–H and O–H groups in total. The summed E-state index contributed by atoms with van der Waals surface area (Å²) in [6.07, 6.45) is 1.89. The van der Waals surface area contributed by atoms with Crippen LogP contribution < -0.4 is 5.73 Å². The first-order valence-electron chi connectivity index (χ1n) is 5.10. The molecular weight excluding hydrogens is 190 g/mol. The highest BCUT2D eigenvalue weighted by molar-refractivity contribution is 5.74. The van der Waals surface area contributed by atoms with Crippen molar-refractivity contribution in [2.24, 2.45) is 5.73 Å². The standard InChI is InChI=1S/C12H17NO2/c1-10-5-2-3-6-11(10)7-4-8-15-9-12(13)14/h2-3,5-6H,4,7-9H2,1H3,(H2,13,14). The second kappa shape index (κ2) is 6.19. The first-order chi connectivity index (χ1) is 7.20. The van der Waals surface area contributed by atoms with Gasteiger partial charge in [0.25, 0.3) is 0 Å². The number of carbonyl (C=O) groups is 1. The maximum atomic E-state index is 10.4. The van der Waals surface area contributed by atoms with Gasteiger partial charge in [-0.25, -0.2) is 0 Å². The predicted octanol–water partition coefficient (Wildman–Crippen LogP) is 1.43. The van der Waals surface area contributed by atoms with Gasteiger partial charge in [-0.2, -0.15) is 0 Å². The predicted molar refractivity (Wildman–Crippen MR) is 59.5 cm³/mol. The number of benzene rings is 1. The minimum absolute atomic E-state index is 0.0216. The van der Waals surface area contributed by atoms with Gasteiger partial charge in [0.05, 0.1) is 0 Å². The molecule has 0 saturated heterocycles. The fraction of sp³-hybridized carbons (Fsp3) is 0.417. The molecule has 0 aromatic heterocycles. The monoisotopic (exact) mass is 207 g/mol. The summed E-state index contributed by atoms with van der Waals surface area (Å²) >= 11 is 0. The van der Waals surface area contributed by atoms with Gasteiger partial charge in [-0.15, -0.1) is 0 Å². The van der Waals surface area contributed by atoms with Gasteiger partial charge in [0.15, 0.2) is 0 Å². The second-order valence-corrected chi connectivity index (χ2v) is 3.55. The van der Waals surface area contributed by atoms with E-state index in [0.717, 1.165) is 12.8 Å². The molecule has 82 valence electrons. The van der Waals surface area contributed by atoms with E-state index in [2.05, 4.69) is 19.1 Å². The number of primary amides is 1. The SMILES string of the molecule is Cc1ccccc1CCCOCC(N)=O. The largest absolute Gasteiger partial charge is 0.372 e. The number of hydrogen-bond acceptors (Lipinski definition) is 2. The number of carbonyl (C=O) groups excluding carboxylic acids is 1. The van der Waals surface area contributed by atoms with Crippen LogP contribution in [0.3, 0.4) is 0 Å². The Bertz CT molecular complexity index is 323. The molecule has 15 heavy (non-hydrogen) atoms. The number of rotatable bonds is 6. The Balaban J connectivity index is 2.21. The lowest BCUT2D eigenvalue weighted by atomic mass is 10.0. The molecule has 1 aromatic carbocycles. The molecule has 0 spiro atoms. The molecule has 0 aliphatic heterocycles. The van der Waals surface area contributed by atoms with Gasteiger partial charge in [-0.1, -0.05) is 24.3 Å². The summed E-state index contributed by atoms with van der Waals surface area (Å²) in [6.45, 7) is 2.70. The topological polar surface area (TPSA) is 52.3 Å². The van der Waals surface area contributed by atoms with E-state index in [9.17, 15) is 4.79 Å². The van der Waals surface area contributed by atoms with Crippen molar-refractivity contribution in [1.29, 1.82) is 0 Å². The number of amides is 1. The summed E-state index contributed by atoms with van der Waals surface area (Å²) in [5, 5.41) is 0. The van der Waals surface area contributed by atoms with E-state index in [1.807, 2.05) is 12.1 Å². The Morgan fingerprint density at radius 1 is 1.40 bits per heavy atom. The van der Waals surface area contributed by atoms with Crippen molar-refractivity contribution in [2.45, 2.75) is 19.8 Å².